The van der Waals surface area contributed by atoms with Gasteiger partial charge in [0.25, 0.3) is 0 Å². The zero-order chi connectivity index (χ0) is 17.0. The number of carbonyl (C=O) groups excluding carboxylic acids is 1. The van der Waals surface area contributed by atoms with Crippen molar-refractivity contribution in [2.75, 3.05) is 32.9 Å². The molecule has 130 valence electrons. The second-order valence-electron chi connectivity index (χ2n) is 7.87. The van der Waals surface area contributed by atoms with Crippen molar-refractivity contribution < 1.29 is 9.53 Å². The minimum atomic E-state index is -1.53. The van der Waals surface area contributed by atoms with Crippen molar-refractivity contribution >= 4 is 14.2 Å². The molecule has 0 aromatic rings. The summed E-state index contributed by atoms with van der Waals surface area (Å²) in [6.07, 6.45) is 1.71. The highest BCUT2D eigenvalue weighted by Gasteiger charge is 2.46. The van der Waals surface area contributed by atoms with Crippen LogP contribution in [0.25, 0.3) is 0 Å². The minimum absolute atomic E-state index is 0.0707. The van der Waals surface area contributed by atoms with E-state index in [0.717, 1.165) is 19.8 Å². The van der Waals surface area contributed by atoms with Crippen LogP contribution in [0, 0.1) is 5.92 Å². The third-order valence-electron chi connectivity index (χ3n) is 6.02. The van der Waals surface area contributed by atoms with Crippen LogP contribution in [0.4, 0.5) is 0 Å². The zero-order valence-electron chi connectivity index (χ0n) is 15.7. The lowest BCUT2D eigenvalue weighted by molar-refractivity contribution is -0.143. The van der Waals surface area contributed by atoms with Gasteiger partial charge in [0.1, 0.15) is 8.24 Å². The zero-order valence-corrected chi connectivity index (χ0v) is 16.7. The van der Waals surface area contributed by atoms with Gasteiger partial charge in [-0.3, -0.25) is 9.69 Å². The van der Waals surface area contributed by atoms with E-state index < -0.39 is 8.24 Å². The number of carbonyl (C=O) groups is 1. The molecule has 0 spiro atoms. The number of esters is 1. The Labute approximate surface area is 138 Å². The van der Waals surface area contributed by atoms with E-state index in [9.17, 15) is 4.79 Å². The van der Waals surface area contributed by atoms with Gasteiger partial charge in [-0.2, -0.15) is 0 Å². The van der Waals surface area contributed by atoms with Crippen LogP contribution in [-0.2, 0) is 9.53 Å². The molecule has 1 rings (SSSR count). The topological polar surface area (TPSA) is 32.8 Å². The van der Waals surface area contributed by atoms with E-state index in [0.29, 0.717) is 24.0 Å². The average Bonchev–Trinajstić information content (AvgIpc) is 2.45. The maximum atomic E-state index is 11.6. The molecular weight excluding hydrogens is 292 g/mol. The number of hydrogen-bond donors (Lipinski definition) is 0. The standard InChI is InChI=1S/C17H36N2O2Si/c1-8-21-16(20)10-13-18-11-9-12-19(14-18)22(6,7)17(4,5)15(2)3/h15H,8-14H2,1-7H3. The van der Waals surface area contributed by atoms with Gasteiger partial charge in [-0.15, -0.1) is 0 Å². The van der Waals surface area contributed by atoms with Crippen LogP contribution in [0.2, 0.25) is 18.1 Å². The Kier molecular flexibility index (Phi) is 7.08. The summed E-state index contributed by atoms with van der Waals surface area (Å²) in [5, 5.41) is 0.372. The molecule has 1 heterocycles. The average molecular weight is 329 g/mol. The molecule has 5 heteroatoms. The fourth-order valence-corrected chi connectivity index (χ4v) is 6.60. The fourth-order valence-electron chi connectivity index (χ4n) is 3.10. The molecule has 0 atom stereocenters. The van der Waals surface area contributed by atoms with Gasteiger partial charge in [-0.1, -0.05) is 40.8 Å². The second kappa shape index (κ2) is 7.93. The highest BCUT2D eigenvalue weighted by atomic mass is 28.3. The Bertz CT molecular complexity index is 370. The summed E-state index contributed by atoms with van der Waals surface area (Å²) < 4.78 is 7.77. The molecule has 0 aromatic heterocycles. The van der Waals surface area contributed by atoms with Gasteiger partial charge in [0.15, 0.2) is 0 Å². The van der Waals surface area contributed by atoms with Crippen molar-refractivity contribution in [3.63, 3.8) is 0 Å². The lowest BCUT2D eigenvalue weighted by Gasteiger charge is -2.53. The Morgan fingerprint density at radius 1 is 1.27 bits per heavy atom. The number of ether oxygens (including phenoxy) is 1. The SMILES string of the molecule is CCOC(=O)CCN1CCCN([Si](C)(C)C(C)(C)C(C)C)C1. The van der Waals surface area contributed by atoms with Crippen molar-refractivity contribution in [1.29, 1.82) is 0 Å². The van der Waals surface area contributed by atoms with Gasteiger partial charge in [-0.25, -0.2) is 0 Å². The van der Waals surface area contributed by atoms with Crippen LogP contribution in [0.5, 0.6) is 0 Å². The van der Waals surface area contributed by atoms with Gasteiger partial charge < -0.3 is 9.30 Å². The van der Waals surface area contributed by atoms with Gasteiger partial charge >= 0.3 is 5.97 Å². The summed E-state index contributed by atoms with van der Waals surface area (Å²) in [5.41, 5.74) is 0. The highest BCUT2D eigenvalue weighted by molar-refractivity contribution is 6.77. The van der Waals surface area contributed by atoms with Crippen LogP contribution < -0.4 is 0 Å². The summed E-state index contributed by atoms with van der Waals surface area (Å²) in [6.45, 7) is 21.0. The van der Waals surface area contributed by atoms with Crippen LogP contribution in [0.15, 0.2) is 0 Å². The molecule has 4 nitrogen and oxygen atoms in total. The molecule has 0 amide bonds. The van der Waals surface area contributed by atoms with Crippen molar-refractivity contribution in [2.45, 2.75) is 65.6 Å². The molecule has 0 unspecified atom stereocenters. The van der Waals surface area contributed by atoms with Gasteiger partial charge in [-0.05, 0) is 30.8 Å². The Morgan fingerprint density at radius 2 is 1.91 bits per heavy atom. The molecule has 0 radical (unpaired) electrons. The normalized spacial score (nSPS) is 18.7. The van der Waals surface area contributed by atoms with E-state index in [1.54, 1.807) is 0 Å². The Morgan fingerprint density at radius 3 is 2.45 bits per heavy atom. The van der Waals surface area contributed by atoms with E-state index in [4.69, 9.17) is 4.74 Å². The van der Waals surface area contributed by atoms with Gasteiger partial charge in [0.05, 0.1) is 13.0 Å². The lowest BCUT2D eigenvalue weighted by Crippen LogP contribution is -2.62. The third-order valence-corrected chi connectivity index (χ3v) is 11.7. The lowest BCUT2D eigenvalue weighted by atomic mass is 9.99. The maximum Gasteiger partial charge on any atom is 0.307 e. The van der Waals surface area contributed by atoms with Crippen LogP contribution >= 0.6 is 0 Å². The molecule has 1 saturated heterocycles. The third kappa shape index (κ3) is 4.55. The van der Waals surface area contributed by atoms with Gasteiger partial charge in [0, 0.05) is 19.8 Å². The molecular formula is C17H36N2O2Si. The molecule has 0 saturated carbocycles. The predicted octanol–water partition coefficient (Wildman–Crippen LogP) is 3.55. The Balaban J connectivity index is 2.64. The Hall–Kier alpha value is -0.393. The summed E-state index contributed by atoms with van der Waals surface area (Å²) in [6, 6.07) is 0. The molecule has 0 aromatic carbocycles. The van der Waals surface area contributed by atoms with Crippen LogP contribution in [0.3, 0.4) is 0 Å². The van der Waals surface area contributed by atoms with Crippen LogP contribution in [-0.4, -0.2) is 56.6 Å². The molecule has 1 aliphatic heterocycles. The van der Waals surface area contributed by atoms with E-state index in [2.05, 4.69) is 50.3 Å². The molecule has 1 fully saturated rings. The molecule has 22 heavy (non-hydrogen) atoms. The largest absolute Gasteiger partial charge is 0.466 e. The number of hydrogen-bond acceptors (Lipinski definition) is 4. The molecule has 0 aliphatic carbocycles. The molecule has 0 bridgehead atoms. The summed E-state index contributed by atoms with van der Waals surface area (Å²) in [5.74, 6) is 0.614. The van der Waals surface area contributed by atoms with Crippen molar-refractivity contribution in [1.82, 2.24) is 9.47 Å². The van der Waals surface area contributed by atoms with Crippen molar-refractivity contribution in [2.24, 2.45) is 5.92 Å². The van der Waals surface area contributed by atoms with Crippen molar-refractivity contribution in [3.05, 3.63) is 0 Å². The predicted molar refractivity (Wildman–Crippen MR) is 95.4 cm³/mol. The first-order chi connectivity index (χ1) is 10.1. The fraction of sp³-hybridized carbons (Fsp3) is 0.941. The van der Waals surface area contributed by atoms with Crippen LogP contribution in [0.1, 0.15) is 47.5 Å². The van der Waals surface area contributed by atoms with E-state index >= 15 is 0 Å². The van der Waals surface area contributed by atoms with E-state index in [1.165, 1.54) is 13.0 Å². The molecule has 0 N–H and O–H groups in total. The van der Waals surface area contributed by atoms with E-state index in [1.807, 2.05) is 6.92 Å². The summed E-state index contributed by atoms with van der Waals surface area (Å²) >= 11 is 0. The smallest absolute Gasteiger partial charge is 0.307 e. The minimum Gasteiger partial charge on any atom is -0.466 e. The first-order valence-corrected chi connectivity index (χ1v) is 11.7. The monoisotopic (exact) mass is 328 g/mol. The maximum absolute atomic E-state index is 11.6. The highest BCUT2D eigenvalue weighted by Crippen LogP contribution is 2.46. The van der Waals surface area contributed by atoms with Gasteiger partial charge in [0.2, 0.25) is 0 Å². The summed E-state index contributed by atoms with van der Waals surface area (Å²) in [4.78, 5) is 14.0. The van der Waals surface area contributed by atoms with Crippen molar-refractivity contribution in [3.8, 4) is 0 Å². The quantitative estimate of drug-likeness (QED) is 0.528. The second-order valence-corrected chi connectivity index (χ2v) is 12.9. The first kappa shape index (κ1) is 19.7. The number of nitrogens with zero attached hydrogens (tertiary/aromatic N) is 2. The summed E-state index contributed by atoms with van der Waals surface area (Å²) in [7, 11) is -1.53. The first-order valence-electron chi connectivity index (χ1n) is 8.76. The molecule has 1 aliphatic rings. The van der Waals surface area contributed by atoms with E-state index in [-0.39, 0.29) is 5.97 Å². The number of rotatable bonds is 7.